The van der Waals surface area contributed by atoms with Crippen molar-refractivity contribution in [2.24, 2.45) is 11.3 Å². The molecule has 0 amide bonds. The molecule has 2 fully saturated rings. The predicted molar refractivity (Wildman–Crippen MR) is 74.2 cm³/mol. The molecule has 2 aliphatic heterocycles. The molecule has 17 heavy (non-hydrogen) atoms. The van der Waals surface area contributed by atoms with E-state index in [0.29, 0.717) is 5.41 Å². The molecule has 1 spiro atoms. The Labute approximate surface area is 107 Å². The quantitative estimate of drug-likeness (QED) is 0.796. The fourth-order valence-electron chi connectivity index (χ4n) is 3.51. The lowest BCUT2D eigenvalue weighted by atomic mass is 9.70. The van der Waals surface area contributed by atoms with E-state index in [2.05, 4.69) is 37.9 Å². The summed E-state index contributed by atoms with van der Waals surface area (Å²) in [4.78, 5) is 2.64. The highest BCUT2D eigenvalue weighted by Crippen LogP contribution is 2.39. The molecule has 2 heterocycles. The van der Waals surface area contributed by atoms with Crippen molar-refractivity contribution in [3.8, 4) is 0 Å². The highest BCUT2D eigenvalue weighted by atomic mass is 15.2. The summed E-state index contributed by atoms with van der Waals surface area (Å²) in [7, 11) is 0. The molecule has 0 aromatic heterocycles. The lowest BCUT2D eigenvalue weighted by Crippen LogP contribution is -2.53. The van der Waals surface area contributed by atoms with Gasteiger partial charge in [-0.15, -0.1) is 0 Å². The molecule has 1 unspecified atom stereocenters. The van der Waals surface area contributed by atoms with Crippen molar-refractivity contribution in [2.45, 2.75) is 65.5 Å². The Bertz CT molecular complexity index is 202. The summed E-state index contributed by atoms with van der Waals surface area (Å²) in [5.41, 5.74) is 0.636. The molecule has 1 atom stereocenters. The average molecular weight is 238 g/mol. The zero-order chi connectivity index (χ0) is 12.5. The van der Waals surface area contributed by atoms with Gasteiger partial charge in [-0.25, -0.2) is 0 Å². The van der Waals surface area contributed by atoms with Crippen molar-refractivity contribution in [3.63, 3.8) is 0 Å². The van der Waals surface area contributed by atoms with Crippen LogP contribution in [0.3, 0.4) is 0 Å². The lowest BCUT2D eigenvalue weighted by Gasteiger charge is -2.48. The third-order valence-electron chi connectivity index (χ3n) is 5.12. The SMILES string of the molecule is CC(C)C1CCC2(CCN(C(C)C)CC2)CN1. The Morgan fingerprint density at radius 2 is 1.71 bits per heavy atom. The van der Waals surface area contributed by atoms with E-state index in [9.17, 15) is 0 Å². The molecule has 2 nitrogen and oxygen atoms in total. The van der Waals surface area contributed by atoms with E-state index in [1.165, 1.54) is 45.3 Å². The number of rotatable bonds is 2. The van der Waals surface area contributed by atoms with Crippen LogP contribution in [-0.2, 0) is 0 Å². The van der Waals surface area contributed by atoms with E-state index >= 15 is 0 Å². The molecule has 0 aromatic rings. The van der Waals surface area contributed by atoms with Gasteiger partial charge in [-0.05, 0) is 64.0 Å². The molecule has 0 bridgehead atoms. The molecule has 2 heteroatoms. The molecule has 2 rings (SSSR count). The summed E-state index contributed by atoms with van der Waals surface area (Å²) in [5, 5.41) is 3.80. The van der Waals surface area contributed by atoms with E-state index in [1.807, 2.05) is 0 Å². The minimum atomic E-state index is 0.636. The van der Waals surface area contributed by atoms with Gasteiger partial charge in [-0.1, -0.05) is 13.8 Å². The summed E-state index contributed by atoms with van der Waals surface area (Å²) < 4.78 is 0. The Morgan fingerprint density at radius 3 is 2.12 bits per heavy atom. The Balaban J connectivity index is 1.84. The summed E-state index contributed by atoms with van der Waals surface area (Å²) in [6.07, 6.45) is 5.65. The highest BCUT2D eigenvalue weighted by molar-refractivity contribution is 4.94. The predicted octanol–water partition coefficient (Wildman–Crippen LogP) is 2.89. The molecule has 1 N–H and O–H groups in total. The van der Waals surface area contributed by atoms with Crippen LogP contribution in [0.1, 0.15) is 53.4 Å². The van der Waals surface area contributed by atoms with Gasteiger partial charge in [-0.2, -0.15) is 0 Å². The van der Waals surface area contributed by atoms with Crippen LogP contribution in [0.2, 0.25) is 0 Å². The standard InChI is InChI=1S/C15H30N2/c1-12(2)14-5-6-15(11-16-14)7-9-17(10-8-15)13(3)4/h12-14,16H,5-11H2,1-4H3. The molecular formula is C15H30N2. The smallest absolute Gasteiger partial charge is 0.00905 e. The van der Waals surface area contributed by atoms with Gasteiger partial charge in [0.1, 0.15) is 0 Å². The summed E-state index contributed by atoms with van der Waals surface area (Å²) in [6.45, 7) is 13.2. The van der Waals surface area contributed by atoms with E-state index in [1.54, 1.807) is 0 Å². The van der Waals surface area contributed by atoms with E-state index in [4.69, 9.17) is 0 Å². The minimum Gasteiger partial charge on any atom is -0.313 e. The van der Waals surface area contributed by atoms with Crippen LogP contribution in [0.15, 0.2) is 0 Å². The van der Waals surface area contributed by atoms with Crippen LogP contribution in [0.5, 0.6) is 0 Å². The number of nitrogens with zero attached hydrogens (tertiary/aromatic N) is 1. The Hall–Kier alpha value is -0.0800. The highest BCUT2D eigenvalue weighted by Gasteiger charge is 2.38. The van der Waals surface area contributed by atoms with Crippen molar-refractivity contribution < 1.29 is 0 Å². The van der Waals surface area contributed by atoms with Crippen molar-refractivity contribution >= 4 is 0 Å². The zero-order valence-corrected chi connectivity index (χ0v) is 12.1. The zero-order valence-electron chi connectivity index (χ0n) is 12.1. The maximum absolute atomic E-state index is 3.80. The second-order valence-electron chi connectivity index (χ2n) is 6.90. The molecule has 2 aliphatic rings. The van der Waals surface area contributed by atoms with Crippen LogP contribution >= 0.6 is 0 Å². The van der Waals surface area contributed by atoms with E-state index < -0.39 is 0 Å². The number of hydrogen-bond acceptors (Lipinski definition) is 2. The molecule has 0 aromatic carbocycles. The molecule has 0 saturated carbocycles. The van der Waals surface area contributed by atoms with Gasteiger partial charge in [0.05, 0.1) is 0 Å². The maximum atomic E-state index is 3.80. The number of hydrogen-bond donors (Lipinski definition) is 1. The topological polar surface area (TPSA) is 15.3 Å². The molecule has 0 aliphatic carbocycles. The third kappa shape index (κ3) is 3.03. The third-order valence-corrected chi connectivity index (χ3v) is 5.12. The average Bonchev–Trinajstić information content (AvgIpc) is 2.30. The molecule has 0 radical (unpaired) electrons. The number of piperidine rings is 2. The van der Waals surface area contributed by atoms with Gasteiger partial charge >= 0.3 is 0 Å². The second-order valence-corrected chi connectivity index (χ2v) is 6.90. The largest absolute Gasteiger partial charge is 0.313 e. The molecule has 2 saturated heterocycles. The fourth-order valence-corrected chi connectivity index (χ4v) is 3.51. The Morgan fingerprint density at radius 1 is 1.06 bits per heavy atom. The van der Waals surface area contributed by atoms with Crippen LogP contribution in [0.4, 0.5) is 0 Å². The van der Waals surface area contributed by atoms with Gasteiger partial charge in [0.2, 0.25) is 0 Å². The summed E-state index contributed by atoms with van der Waals surface area (Å²) in [5.74, 6) is 0.795. The first-order chi connectivity index (χ1) is 8.02. The molecular weight excluding hydrogens is 208 g/mol. The minimum absolute atomic E-state index is 0.636. The first-order valence-electron chi connectivity index (χ1n) is 7.50. The van der Waals surface area contributed by atoms with Gasteiger partial charge in [0.25, 0.3) is 0 Å². The van der Waals surface area contributed by atoms with E-state index in [0.717, 1.165) is 18.0 Å². The molecule has 100 valence electrons. The van der Waals surface area contributed by atoms with Gasteiger partial charge in [0, 0.05) is 18.6 Å². The monoisotopic (exact) mass is 238 g/mol. The van der Waals surface area contributed by atoms with Gasteiger partial charge < -0.3 is 10.2 Å². The number of nitrogens with one attached hydrogen (secondary N) is 1. The fraction of sp³-hybridized carbons (Fsp3) is 1.00. The Kier molecular flexibility index (Phi) is 4.14. The normalized spacial score (nSPS) is 30.4. The van der Waals surface area contributed by atoms with Crippen molar-refractivity contribution in [3.05, 3.63) is 0 Å². The van der Waals surface area contributed by atoms with Crippen LogP contribution in [-0.4, -0.2) is 36.6 Å². The van der Waals surface area contributed by atoms with Crippen molar-refractivity contribution in [1.82, 2.24) is 10.2 Å². The number of likely N-dealkylation sites (tertiary alicyclic amines) is 1. The van der Waals surface area contributed by atoms with Crippen molar-refractivity contribution in [1.29, 1.82) is 0 Å². The van der Waals surface area contributed by atoms with Crippen molar-refractivity contribution in [2.75, 3.05) is 19.6 Å². The maximum Gasteiger partial charge on any atom is 0.00905 e. The van der Waals surface area contributed by atoms with Gasteiger partial charge in [-0.3, -0.25) is 0 Å². The van der Waals surface area contributed by atoms with Gasteiger partial charge in [0.15, 0.2) is 0 Å². The van der Waals surface area contributed by atoms with Crippen LogP contribution in [0.25, 0.3) is 0 Å². The van der Waals surface area contributed by atoms with Crippen LogP contribution in [0, 0.1) is 11.3 Å². The summed E-state index contributed by atoms with van der Waals surface area (Å²) in [6, 6.07) is 1.50. The summed E-state index contributed by atoms with van der Waals surface area (Å²) >= 11 is 0. The van der Waals surface area contributed by atoms with Crippen LogP contribution < -0.4 is 5.32 Å². The first-order valence-corrected chi connectivity index (χ1v) is 7.50. The second kappa shape index (κ2) is 5.27. The lowest BCUT2D eigenvalue weighted by molar-refractivity contribution is 0.0482. The van der Waals surface area contributed by atoms with E-state index in [-0.39, 0.29) is 0 Å². The first kappa shape index (κ1) is 13.4.